The molecule has 0 bridgehead atoms. The summed E-state index contributed by atoms with van der Waals surface area (Å²) in [5.74, 6) is 0.749. The lowest BCUT2D eigenvalue weighted by molar-refractivity contribution is 0.243. The van der Waals surface area contributed by atoms with E-state index < -0.39 is 0 Å². The number of hydrogen-bond donors (Lipinski definition) is 0. The van der Waals surface area contributed by atoms with Crippen molar-refractivity contribution in [3.05, 3.63) is 24.3 Å². The molecule has 0 fully saturated rings. The van der Waals surface area contributed by atoms with Crippen LogP contribution in [0, 0.1) is 0 Å². The summed E-state index contributed by atoms with van der Waals surface area (Å²) < 4.78 is 4.93. The van der Waals surface area contributed by atoms with E-state index in [1.807, 2.05) is 24.3 Å². The number of fused-ring (bicyclic) bond motifs is 1. The molecule has 1 aromatic rings. The zero-order chi connectivity index (χ0) is 8.39. The number of nitrogens with zero attached hydrogens (tertiary/aromatic N) is 2. The molecule has 0 spiro atoms. The number of benzene rings is 1. The fraction of sp³-hybridized carbons (Fsp3) is 0.222. The maximum Gasteiger partial charge on any atom is 0.155 e. The van der Waals surface area contributed by atoms with Gasteiger partial charge in [-0.2, -0.15) is 0 Å². The zero-order valence-electron chi connectivity index (χ0n) is 6.82. The summed E-state index contributed by atoms with van der Waals surface area (Å²) in [5.41, 5.74) is 1.87. The van der Waals surface area contributed by atoms with Crippen molar-refractivity contribution in [1.29, 1.82) is 0 Å². The highest BCUT2D eigenvalue weighted by Gasteiger charge is 2.13. The van der Waals surface area contributed by atoms with E-state index >= 15 is 0 Å². The van der Waals surface area contributed by atoms with E-state index in [1.165, 1.54) is 0 Å². The van der Waals surface area contributed by atoms with Crippen LogP contribution in [0.25, 0.3) is 0 Å². The lowest BCUT2D eigenvalue weighted by Crippen LogP contribution is -2.12. The van der Waals surface area contributed by atoms with Crippen LogP contribution in [0.1, 0.15) is 0 Å². The molecule has 0 amide bonds. The molecule has 0 unspecified atom stereocenters. The van der Waals surface area contributed by atoms with Gasteiger partial charge in [-0.05, 0) is 12.1 Å². The second kappa shape index (κ2) is 2.95. The highest BCUT2D eigenvalue weighted by atomic mass is 16.5. The number of ether oxygens (including phenoxy) is 1. The monoisotopic (exact) mass is 161 g/mol. The van der Waals surface area contributed by atoms with Crippen molar-refractivity contribution in [1.82, 2.24) is 5.32 Å². The molecule has 0 aliphatic carbocycles. The highest BCUT2D eigenvalue weighted by molar-refractivity contribution is 5.96. The van der Waals surface area contributed by atoms with Crippen molar-refractivity contribution in [2.75, 3.05) is 13.7 Å². The molecule has 1 radical (unpaired) electrons. The Morgan fingerprint density at radius 3 is 2.67 bits per heavy atom. The Labute approximate surface area is 71.1 Å². The minimum Gasteiger partial charge on any atom is -0.377 e. The number of hydrogen-bond acceptors (Lipinski definition) is 2. The third-order valence-corrected chi connectivity index (χ3v) is 1.65. The highest BCUT2D eigenvalue weighted by Crippen LogP contribution is 2.29. The van der Waals surface area contributed by atoms with Crippen molar-refractivity contribution in [3.8, 4) is 0 Å². The van der Waals surface area contributed by atoms with Crippen LogP contribution in [0.3, 0.4) is 0 Å². The molecule has 0 aromatic heterocycles. The molecule has 12 heavy (non-hydrogen) atoms. The number of rotatable bonds is 2. The molecule has 1 aliphatic rings. The van der Waals surface area contributed by atoms with E-state index in [0.717, 1.165) is 17.2 Å². The minimum absolute atomic E-state index is 0.481. The molecule has 1 aromatic carbocycles. The van der Waals surface area contributed by atoms with Gasteiger partial charge in [0.1, 0.15) is 6.61 Å². The third-order valence-electron chi connectivity index (χ3n) is 1.65. The standard InChI is InChI=1S/C9H9N2O/c1-12-6-9-10-7-4-2-3-5-8(7)11-9/h2-5H,6H2,1H3. The summed E-state index contributed by atoms with van der Waals surface area (Å²) in [5, 5.41) is 4.27. The van der Waals surface area contributed by atoms with Gasteiger partial charge in [-0.1, -0.05) is 12.1 Å². The average Bonchev–Trinajstić information content (AvgIpc) is 2.47. The summed E-state index contributed by atoms with van der Waals surface area (Å²) in [4.78, 5) is 4.27. The second-order valence-electron chi connectivity index (χ2n) is 2.56. The number of methoxy groups -OCH3 is 1. The molecule has 3 nitrogen and oxygen atoms in total. The van der Waals surface area contributed by atoms with Gasteiger partial charge >= 0.3 is 0 Å². The summed E-state index contributed by atoms with van der Waals surface area (Å²) in [7, 11) is 1.64. The average molecular weight is 161 g/mol. The van der Waals surface area contributed by atoms with Crippen molar-refractivity contribution in [3.63, 3.8) is 0 Å². The molecule has 0 atom stereocenters. The van der Waals surface area contributed by atoms with Gasteiger partial charge in [0.25, 0.3) is 0 Å². The summed E-state index contributed by atoms with van der Waals surface area (Å²) in [6, 6.07) is 7.80. The van der Waals surface area contributed by atoms with Crippen molar-refractivity contribution in [2.24, 2.45) is 4.99 Å². The van der Waals surface area contributed by atoms with Gasteiger partial charge in [0.2, 0.25) is 0 Å². The van der Waals surface area contributed by atoms with E-state index in [9.17, 15) is 0 Å². The van der Waals surface area contributed by atoms with Gasteiger partial charge in [-0.25, -0.2) is 10.3 Å². The first-order chi connectivity index (χ1) is 5.90. The van der Waals surface area contributed by atoms with Crippen LogP contribution in [0.5, 0.6) is 0 Å². The quantitative estimate of drug-likeness (QED) is 0.649. The molecular formula is C9H9N2O. The van der Waals surface area contributed by atoms with Gasteiger partial charge < -0.3 is 4.74 Å². The maximum atomic E-state index is 4.93. The molecule has 0 N–H and O–H groups in total. The smallest absolute Gasteiger partial charge is 0.155 e. The summed E-state index contributed by atoms with van der Waals surface area (Å²) >= 11 is 0. The van der Waals surface area contributed by atoms with Crippen LogP contribution >= 0.6 is 0 Å². The fourth-order valence-corrected chi connectivity index (χ4v) is 1.15. The lowest BCUT2D eigenvalue weighted by atomic mass is 10.3. The largest absolute Gasteiger partial charge is 0.377 e. The van der Waals surface area contributed by atoms with Crippen LogP contribution in [0.2, 0.25) is 0 Å². The molecule has 3 heteroatoms. The van der Waals surface area contributed by atoms with Crippen LogP contribution in [0.4, 0.5) is 11.4 Å². The van der Waals surface area contributed by atoms with E-state index in [-0.39, 0.29) is 0 Å². The van der Waals surface area contributed by atoms with Gasteiger partial charge in [0, 0.05) is 7.11 Å². The Bertz CT molecular complexity index is 320. The zero-order valence-corrected chi connectivity index (χ0v) is 6.82. The van der Waals surface area contributed by atoms with Crippen molar-refractivity contribution in [2.45, 2.75) is 0 Å². The van der Waals surface area contributed by atoms with Crippen molar-refractivity contribution >= 4 is 17.2 Å². The Hall–Kier alpha value is -1.35. The SMILES string of the molecule is COCC1=Nc2ccccc2[N]1. The van der Waals surface area contributed by atoms with E-state index in [4.69, 9.17) is 4.74 Å². The molecule has 1 heterocycles. The first kappa shape index (κ1) is 7.31. The Morgan fingerprint density at radius 2 is 2.00 bits per heavy atom. The Kier molecular flexibility index (Phi) is 1.80. The molecule has 0 saturated heterocycles. The van der Waals surface area contributed by atoms with Crippen molar-refractivity contribution < 1.29 is 4.74 Å². The van der Waals surface area contributed by atoms with Gasteiger partial charge in [0.05, 0.1) is 11.4 Å². The van der Waals surface area contributed by atoms with Crippen LogP contribution < -0.4 is 5.32 Å². The Morgan fingerprint density at radius 1 is 1.25 bits per heavy atom. The first-order valence-corrected chi connectivity index (χ1v) is 3.77. The van der Waals surface area contributed by atoms with E-state index in [2.05, 4.69) is 10.3 Å². The summed E-state index contributed by atoms with van der Waals surface area (Å²) in [6.07, 6.45) is 0. The molecular weight excluding hydrogens is 152 g/mol. The predicted octanol–water partition coefficient (Wildman–Crippen LogP) is 1.61. The van der Waals surface area contributed by atoms with Crippen LogP contribution in [-0.4, -0.2) is 19.6 Å². The Balaban J connectivity index is 2.23. The lowest BCUT2D eigenvalue weighted by Gasteiger charge is -1.96. The van der Waals surface area contributed by atoms with Crippen LogP contribution in [-0.2, 0) is 4.74 Å². The predicted molar refractivity (Wildman–Crippen MR) is 47.2 cm³/mol. The minimum atomic E-state index is 0.481. The molecule has 0 saturated carbocycles. The number of amidine groups is 1. The molecule has 1 aliphatic heterocycles. The van der Waals surface area contributed by atoms with E-state index in [0.29, 0.717) is 6.61 Å². The van der Waals surface area contributed by atoms with Crippen LogP contribution in [0.15, 0.2) is 29.3 Å². The fourth-order valence-electron chi connectivity index (χ4n) is 1.15. The van der Waals surface area contributed by atoms with E-state index in [1.54, 1.807) is 7.11 Å². The van der Waals surface area contributed by atoms with Gasteiger partial charge in [0.15, 0.2) is 5.84 Å². The van der Waals surface area contributed by atoms with Gasteiger partial charge in [-0.15, -0.1) is 0 Å². The topological polar surface area (TPSA) is 35.7 Å². The molecule has 61 valence electrons. The summed E-state index contributed by atoms with van der Waals surface area (Å²) in [6.45, 7) is 0.481. The third kappa shape index (κ3) is 1.19. The maximum absolute atomic E-state index is 4.93. The normalized spacial score (nSPS) is 13.6. The number of aliphatic imine (C=N–C) groups is 1. The second-order valence-corrected chi connectivity index (χ2v) is 2.56. The number of para-hydroxylation sites is 2. The first-order valence-electron chi connectivity index (χ1n) is 3.77. The van der Waals surface area contributed by atoms with Gasteiger partial charge in [-0.3, -0.25) is 0 Å². The molecule has 2 rings (SSSR count).